The lowest BCUT2D eigenvalue weighted by Crippen LogP contribution is -2.52. The Balaban J connectivity index is 1.39. The quantitative estimate of drug-likeness (QED) is 0.531. The molecule has 2 aliphatic heterocycles. The Bertz CT molecular complexity index is 1230. The number of nitrogens with zero attached hydrogens (tertiary/aromatic N) is 2. The second kappa shape index (κ2) is 7.34. The number of Topliss-reactive ketones (excluding diaryl/α,β-unsaturated/α-hetero) is 1. The maximum absolute atomic E-state index is 13.4. The largest absolute Gasteiger partial charge is 0.486 e. The van der Waals surface area contributed by atoms with E-state index >= 15 is 0 Å². The van der Waals surface area contributed by atoms with Crippen LogP contribution in [0, 0.1) is 13.8 Å². The fourth-order valence-corrected chi connectivity index (χ4v) is 4.85. The highest BCUT2D eigenvalue weighted by molar-refractivity contribution is 6.31. The lowest BCUT2D eigenvalue weighted by atomic mass is 9.82. The van der Waals surface area contributed by atoms with E-state index in [4.69, 9.17) is 16.3 Å². The number of amides is 1. The van der Waals surface area contributed by atoms with E-state index in [-0.39, 0.29) is 11.7 Å². The van der Waals surface area contributed by atoms with Crippen LogP contribution in [0.25, 0.3) is 10.9 Å². The minimum absolute atomic E-state index is 0.0363. The molecule has 2 aliphatic rings. The second-order valence-electron chi connectivity index (χ2n) is 8.65. The van der Waals surface area contributed by atoms with Gasteiger partial charge in [0, 0.05) is 42.0 Å². The van der Waals surface area contributed by atoms with Crippen molar-refractivity contribution in [2.75, 3.05) is 13.1 Å². The molecular weight excluding hydrogens is 412 g/mol. The zero-order valence-electron chi connectivity index (χ0n) is 17.6. The number of pyridine rings is 1. The minimum Gasteiger partial charge on any atom is -0.486 e. The predicted octanol–water partition coefficient (Wildman–Crippen LogP) is 5.15. The smallest absolute Gasteiger partial charge is 0.254 e. The summed E-state index contributed by atoms with van der Waals surface area (Å²) in [5.74, 6) is 0.743. The number of piperidine rings is 1. The van der Waals surface area contributed by atoms with E-state index in [1.807, 2.05) is 49.1 Å². The summed E-state index contributed by atoms with van der Waals surface area (Å²) in [6.45, 7) is 4.93. The molecule has 5 rings (SSSR count). The molecule has 0 radical (unpaired) electrons. The van der Waals surface area contributed by atoms with Gasteiger partial charge in [-0.05, 0) is 50.2 Å². The number of aromatic nitrogens is 1. The van der Waals surface area contributed by atoms with E-state index in [0.29, 0.717) is 54.3 Å². The van der Waals surface area contributed by atoms with Crippen LogP contribution in [0.5, 0.6) is 5.75 Å². The molecule has 6 heteroatoms. The van der Waals surface area contributed by atoms with Gasteiger partial charge in [0.25, 0.3) is 5.91 Å². The van der Waals surface area contributed by atoms with Gasteiger partial charge >= 0.3 is 0 Å². The van der Waals surface area contributed by atoms with E-state index in [1.54, 1.807) is 12.1 Å². The second-order valence-corrected chi connectivity index (χ2v) is 9.09. The summed E-state index contributed by atoms with van der Waals surface area (Å²) < 4.78 is 6.34. The maximum atomic E-state index is 13.4. The van der Waals surface area contributed by atoms with E-state index in [1.165, 1.54) is 0 Å². The Kier molecular flexibility index (Phi) is 4.74. The summed E-state index contributed by atoms with van der Waals surface area (Å²) in [6, 6.07) is 13.0. The zero-order chi connectivity index (χ0) is 21.8. The normalized spacial score (nSPS) is 17.5. The van der Waals surface area contributed by atoms with Gasteiger partial charge in [-0.25, -0.2) is 0 Å². The fourth-order valence-electron chi connectivity index (χ4n) is 4.68. The van der Waals surface area contributed by atoms with Gasteiger partial charge in [-0.2, -0.15) is 0 Å². The fraction of sp³-hybridized carbons (Fsp3) is 0.320. The number of hydrogen-bond donors (Lipinski definition) is 0. The van der Waals surface area contributed by atoms with E-state index in [0.717, 1.165) is 22.2 Å². The molecule has 1 saturated heterocycles. The summed E-state index contributed by atoms with van der Waals surface area (Å²) >= 11 is 6.18. The van der Waals surface area contributed by atoms with Gasteiger partial charge in [0.2, 0.25) is 0 Å². The highest BCUT2D eigenvalue weighted by Gasteiger charge is 2.43. The van der Waals surface area contributed by atoms with Crippen LogP contribution in [0.1, 0.15) is 51.2 Å². The Labute approximate surface area is 186 Å². The molecule has 1 spiro atoms. The number of halogens is 1. The Hall–Kier alpha value is -2.92. The van der Waals surface area contributed by atoms with Crippen molar-refractivity contribution in [1.82, 2.24) is 9.88 Å². The van der Waals surface area contributed by atoms with Gasteiger partial charge in [0.05, 0.1) is 23.1 Å². The summed E-state index contributed by atoms with van der Waals surface area (Å²) in [7, 11) is 0. The van der Waals surface area contributed by atoms with Gasteiger partial charge in [-0.3, -0.25) is 14.6 Å². The summed E-state index contributed by atoms with van der Waals surface area (Å²) in [6.07, 6.45) is 1.61. The zero-order valence-corrected chi connectivity index (χ0v) is 18.3. The van der Waals surface area contributed by atoms with Crippen LogP contribution in [0.4, 0.5) is 0 Å². The van der Waals surface area contributed by atoms with Crippen LogP contribution in [0.2, 0.25) is 5.02 Å². The Morgan fingerprint density at radius 1 is 1.10 bits per heavy atom. The number of ether oxygens (including phenoxy) is 1. The molecule has 31 heavy (non-hydrogen) atoms. The number of fused-ring (bicyclic) bond motifs is 2. The molecule has 2 aromatic carbocycles. The van der Waals surface area contributed by atoms with Crippen LogP contribution in [0.15, 0.2) is 42.5 Å². The van der Waals surface area contributed by atoms with Crippen molar-refractivity contribution in [1.29, 1.82) is 0 Å². The molecule has 1 fully saturated rings. The average Bonchev–Trinajstić information content (AvgIpc) is 2.74. The lowest BCUT2D eigenvalue weighted by molar-refractivity contribution is -0.00568. The third-order valence-electron chi connectivity index (χ3n) is 6.34. The topological polar surface area (TPSA) is 59.5 Å². The van der Waals surface area contributed by atoms with E-state index in [9.17, 15) is 9.59 Å². The molecule has 1 amide bonds. The van der Waals surface area contributed by atoms with Crippen molar-refractivity contribution in [2.45, 2.75) is 38.7 Å². The van der Waals surface area contributed by atoms with Crippen molar-refractivity contribution >= 4 is 34.2 Å². The molecule has 0 saturated carbocycles. The van der Waals surface area contributed by atoms with Crippen LogP contribution in [-0.4, -0.2) is 40.3 Å². The van der Waals surface area contributed by atoms with Gasteiger partial charge in [0.15, 0.2) is 5.78 Å². The third kappa shape index (κ3) is 3.57. The van der Waals surface area contributed by atoms with E-state index in [2.05, 4.69) is 4.98 Å². The molecule has 5 nitrogen and oxygen atoms in total. The van der Waals surface area contributed by atoms with Crippen molar-refractivity contribution < 1.29 is 14.3 Å². The first kappa shape index (κ1) is 20.0. The predicted molar refractivity (Wildman–Crippen MR) is 120 cm³/mol. The van der Waals surface area contributed by atoms with E-state index < -0.39 is 5.60 Å². The molecule has 0 unspecified atom stereocenters. The molecule has 3 aromatic rings. The molecular formula is C25H23ClN2O3. The molecule has 1 aromatic heterocycles. The van der Waals surface area contributed by atoms with Gasteiger partial charge < -0.3 is 9.64 Å². The highest BCUT2D eigenvalue weighted by Crippen LogP contribution is 2.40. The number of carbonyl (C=O) groups excluding carboxylic acids is 2. The first-order valence-corrected chi connectivity index (χ1v) is 10.9. The minimum atomic E-state index is -0.532. The summed E-state index contributed by atoms with van der Waals surface area (Å²) in [5.41, 5.74) is 3.35. The molecule has 0 bridgehead atoms. The Morgan fingerprint density at radius 2 is 1.87 bits per heavy atom. The molecule has 3 heterocycles. The van der Waals surface area contributed by atoms with Crippen molar-refractivity contribution in [3.05, 3.63) is 69.9 Å². The molecule has 158 valence electrons. The average molecular weight is 435 g/mol. The van der Waals surface area contributed by atoms with Crippen LogP contribution >= 0.6 is 11.6 Å². The number of ketones is 1. The molecule has 0 atom stereocenters. The Morgan fingerprint density at radius 3 is 2.65 bits per heavy atom. The number of benzene rings is 2. The van der Waals surface area contributed by atoms with Crippen LogP contribution in [-0.2, 0) is 0 Å². The standard InChI is InChI=1S/C25H23ClN2O3/c1-15-3-6-23-20(11-15)22(29)14-25(31-23)7-9-28(10-8-25)24(30)19-12-16(2)27-21-5-4-17(26)13-18(19)21/h3-6,11-13H,7-10,14H2,1-2H3. The number of carbonyl (C=O) groups is 2. The molecule has 0 N–H and O–H groups in total. The number of likely N-dealkylation sites (tertiary alicyclic amines) is 1. The van der Waals surface area contributed by atoms with Crippen molar-refractivity contribution in [3.8, 4) is 5.75 Å². The van der Waals surface area contributed by atoms with Gasteiger partial charge in [-0.1, -0.05) is 23.2 Å². The highest BCUT2D eigenvalue weighted by atomic mass is 35.5. The maximum Gasteiger partial charge on any atom is 0.254 e. The lowest BCUT2D eigenvalue weighted by Gasteiger charge is -2.44. The molecule has 0 aliphatic carbocycles. The summed E-state index contributed by atoms with van der Waals surface area (Å²) in [4.78, 5) is 32.5. The third-order valence-corrected chi connectivity index (χ3v) is 6.57. The number of hydrogen-bond acceptors (Lipinski definition) is 4. The first-order chi connectivity index (χ1) is 14.8. The first-order valence-electron chi connectivity index (χ1n) is 10.5. The van der Waals surface area contributed by atoms with Crippen molar-refractivity contribution in [3.63, 3.8) is 0 Å². The van der Waals surface area contributed by atoms with Gasteiger partial charge in [-0.15, -0.1) is 0 Å². The number of rotatable bonds is 1. The monoisotopic (exact) mass is 434 g/mol. The number of aryl methyl sites for hydroxylation is 2. The van der Waals surface area contributed by atoms with Crippen LogP contribution in [0.3, 0.4) is 0 Å². The van der Waals surface area contributed by atoms with Crippen molar-refractivity contribution in [2.24, 2.45) is 0 Å². The SMILES string of the molecule is Cc1ccc2c(c1)C(=O)CC1(CCN(C(=O)c3cc(C)nc4ccc(Cl)cc34)CC1)O2. The van der Waals surface area contributed by atoms with Gasteiger partial charge in [0.1, 0.15) is 11.4 Å². The van der Waals surface area contributed by atoms with Crippen LogP contribution < -0.4 is 4.74 Å². The summed E-state index contributed by atoms with van der Waals surface area (Å²) in [5, 5.41) is 1.34.